The Bertz CT molecular complexity index is 264. The molecule has 0 fully saturated rings. The number of rotatable bonds is 6. The fourth-order valence-corrected chi connectivity index (χ4v) is 1.86. The largest absolute Gasteiger partial charge is 0.360 e. The van der Waals surface area contributed by atoms with Gasteiger partial charge in [0.05, 0.1) is 0 Å². The summed E-state index contributed by atoms with van der Waals surface area (Å²) in [6.07, 6.45) is 2.29. The van der Waals surface area contributed by atoms with Crippen LogP contribution in [0.2, 0.25) is 0 Å². The zero-order chi connectivity index (χ0) is 10.4. The van der Waals surface area contributed by atoms with Crippen LogP contribution >= 0.6 is 22.9 Å². The van der Waals surface area contributed by atoms with Crippen LogP contribution in [0.25, 0.3) is 0 Å². The lowest BCUT2D eigenvalue weighted by Gasteiger charge is -2.06. The van der Waals surface area contributed by atoms with Crippen LogP contribution in [-0.2, 0) is 0 Å². The number of anilines is 1. The molecule has 1 rings (SSSR count). The molecule has 1 aromatic rings. The predicted octanol–water partition coefficient (Wildman–Crippen LogP) is 2.91. The molecule has 80 valence electrons. The van der Waals surface area contributed by atoms with Gasteiger partial charge in [-0.15, -0.1) is 21.8 Å². The van der Waals surface area contributed by atoms with E-state index in [1.807, 2.05) is 6.92 Å². The highest BCUT2D eigenvalue weighted by atomic mass is 35.5. The van der Waals surface area contributed by atoms with E-state index in [9.17, 15) is 0 Å². The topological polar surface area (TPSA) is 37.8 Å². The summed E-state index contributed by atoms with van der Waals surface area (Å²) in [5.41, 5.74) is 0. The minimum absolute atomic E-state index is 0.606. The monoisotopic (exact) mass is 233 g/mol. The quantitative estimate of drug-likeness (QED) is 0.607. The van der Waals surface area contributed by atoms with Gasteiger partial charge in [0, 0.05) is 12.4 Å². The number of aromatic nitrogens is 2. The van der Waals surface area contributed by atoms with Crippen LogP contribution in [0, 0.1) is 12.8 Å². The number of nitrogens with one attached hydrogen (secondary N) is 1. The predicted molar refractivity (Wildman–Crippen MR) is 62.3 cm³/mol. The van der Waals surface area contributed by atoms with Crippen molar-refractivity contribution in [2.45, 2.75) is 26.7 Å². The van der Waals surface area contributed by atoms with Gasteiger partial charge >= 0.3 is 0 Å². The average Bonchev–Trinajstić information content (AvgIpc) is 2.58. The van der Waals surface area contributed by atoms with Gasteiger partial charge in [-0.2, -0.15) is 0 Å². The number of aryl methyl sites for hydroxylation is 1. The average molecular weight is 234 g/mol. The number of halogens is 1. The zero-order valence-corrected chi connectivity index (χ0v) is 10.2. The molecule has 0 aromatic carbocycles. The van der Waals surface area contributed by atoms with Crippen molar-refractivity contribution in [2.75, 3.05) is 17.7 Å². The Morgan fingerprint density at radius 2 is 2.29 bits per heavy atom. The van der Waals surface area contributed by atoms with E-state index in [1.54, 1.807) is 11.3 Å². The summed E-state index contributed by atoms with van der Waals surface area (Å²) in [7, 11) is 0. The number of hydrogen-bond donors (Lipinski definition) is 1. The van der Waals surface area contributed by atoms with Crippen LogP contribution in [0.5, 0.6) is 0 Å². The van der Waals surface area contributed by atoms with Crippen molar-refractivity contribution in [1.29, 1.82) is 0 Å². The standard InChI is InChI=1S/C9H16ClN3S/c1-7(6-10)4-3-5-11-9-13-12-8(2)14-9/h7H,3-6H2,1-2H3,(H,11,13). The maximum absolute atomic E-state index is 5.71. The van der Waals surface area contributed by atoms with Gasteiger partial charge in [0.25, 0.3) is 0 Å². The van der Waals surface area contributed by atoms with E-state index in [1.165, 1.54) is 0 Å². The van der Waals surface area contributed by atoms with E-state index in [-0.39, 0.29) is 0 Å². The van der Waals surface area contributed by atoms with Gasteiger partial charge in [0.1, 0.15) is 5.01 Å². The fourth-order valence-electron chi connectivity index (χ4n) is 1.09. The molecule has 1 aromatic heterocycles. The SMILES string of the molecule is Cc1nnc(NCCCC(C)CCl)s1. The Labute approximate surface area is 93.9 Å². The van der Waals surface area contributed by atoms with Crippen molar-refractivity contribution in [3.8, 4) is 0 Å². The third-order valence-electron chi connectivity index (χ3n) is 1.94. The Balaban J connectivity index is 2.10. The van der Waals surface area contributed by atoms with E-state index >= 15 is 0 Å². The van der Waals surface area contributed by atoms with Gasteiger partial charge in [-0.25, -0.2) is 0 Å². The summed E-state index contributed by atoms with van der Waals surface area (Å²) in [6, 6.07) is 0. The molecule has 0 radical (unpaired) electrons. The molecule has 0 saturated carbocycles. The number of alkyl halides is 1. The van der Waals surface area contributed by atoms with Gasteiger partial charge in [-0.05, 0) is 25.7 Å². The van der Waals surface area contributed by atoms with Gasteiger partial charge in [0.2, 0.25) is 5.13 Å². The van der Waals surface area contributed by atoms with Gasteiger partial charge in [0.15, 0.2) is 0 Å². The first kappa shape index (κ1) is 11.7. The van der Waals surface area contributed by atoms with Crippen LogP contribution in [-0.4, -0.2) is 22.6 Å². The molecule has 1 heterocycles. The first-order chi connectivity index (χ1) is 6.72. The minimum Gasteiger partial charge on any atom is -0.360 e. The molecule has 0 aliphatic rings. The van der Waals surface area contributed by atoms with E-state index < -0.39 is 0 Å². The molecule has 5 heteroatoms. The summed E-state index contributed by atoms with van der Waals surface area (Å²) in [5, 5.41) is 13.1. The molecule has 1 N–H and O–H groups in total. The summed E-state index contributed by atoms with van der Waals surface area (Å²) < 4.78 is 0. The van der Waals surface area contributed by atoms with E-state index in [4.69, 9.17) is 11.6 Å². The minimum atomic E-state index is 0.606. The second-order valence-corrected chi connectivity index (χ2v) is 4.94. The molecule has 14 heavy (non-hydrogen) atoms. The Morgan fingerprint density at radius 3 is 2.86 bits per heavy atom. The lowest BCUT2D eigenvalue weighted by Crippen LogP contribution is -2.04. The number of nitrogens with zero attached hydrogens (tertiary/aromatic N) is 2. The van der Waals surface area contributed by atoms with Gasteiger partial charge < -0.3 is 5.32 Å². The van der Waals surface area contributed by atoms with Crippen molar-refractivity contribution in [1.82, 2.24) is 10.2 Å². The van der Waals surface area contributed by atoms with Crippen LogP contribution in [0.4, 0.5) is 5.13 Å². The molecular weight excluding hydrogens is 218 g/mol. The third-order valence-corrected chi connectivity index (χ3v) is 3.26. The molecule has 0 saturated heterocycles. The summed E-state index contributed by atoms with van der Waals surface area (Å²) in [4.78, 5) is 0. The highest BCUT2D eigenvalue weighted by molar-refractivity contribution is 7.15. The fraction of sp³-hybridized carbons (Fsp3) is 0.778. The second kappa shape index (κ2) is 6.19. The normalized spacial score (nSPS) is 12.8. The van der Waals surface area contributed by atoms with E-state index in [0.717, 1.165) is 35.4 Å². The molecule has 1 atom stereocenters. The van der Waals surface area contributed by atoms with Gasteiger partial charge in [-0.1, -0.05) is 18.3 Å². The molecular formula is C9H16ClN3S. The maximum Gasteiger partial charge on any atom is 0.205 e. The van der Waals surface area contributed by atoms with E-state index in [0.29, 0.717) is 5.92 Å². The van der Waals surface area contributed by atoms with Crippen LogP contribution in [0.3, 0.4) is 0 Å². The summed E-state index contributed by atoms with van der Waals surface area (Å²) >= 11 is 7.30. The first-order valence-corrected chi connectivity index (χ1v) is 6.17. The third kappa shape index (κ3) is 4.24. The lowest BCUT2D eigenvalue weighted by molar-refractivity contribution is 0.572. The Hall–Kier alpha value is -0.350. The van der Waals surface area contributed by atoms with E-state index in [2.05, 4.69) is 22.4 Å². The summed E-state index contributed by atoms with van der Waals surface area (Å²) in [5.74, 6) is 1.35. The van der Waals surface area contributed by atoms with Crippen LogP contribution in [0.15, 0.2) is 0 Å². The molecule has 0 amide bonds. The van der Waals surface area contributed by atoms with Crippen molar-refractivity contribution < 1.29 is 0 Å². The highest BCUT2D eigenvalue weighted by Gasteiger charge is 2.01. The second-order valence-electron chi connectivity index (χ2n) is 3.45. The molecule has 0 aliphatic carbocycles. The molecule has 3 nitrogen and oxygen atoms in total. The van der Waals surface area contributed by atoms with Crippen molar-refractivity contribution in [3.05, 3.63) is 5.01 Å². The number of hydrogen-bond acceptors (Lipinski definition) is 4. The highest BCUT2D eigenvalue weighted by Crippen LogP contribution is 2.14. The van der Waals surface area contributed by atoms with Crippen molar-refractivity contribution in [2.24, 2.45) is 5.92 Å². The Kier molecular flexibility index (Phi) is 5.19. The van der Waals surface area contributed by atoms with Crippen LogP contribution in [0.1, 0.15) is 24.8 Å². The zero-order valence-electron chi connectivity index (χ0n) is 8.59. The maximum atomic E-state index is 5.71. The molecule has 0 spiro atoms. The van der Waals surface area contributed by atoms with Crippen LogP contribution < -0.4 is 5.32 Å². The van der Waals surface area contributed by atoms with Crippen molar-refractivity contribution in [3.63, 3.8) is 0 Å². The lowest BCUT2D eigenvalue weighted by atomic mass is 10.1. The first-order valence-electron chi connectivity index (χ1n) is 4.82. The molecule has 0 aliphatic heterocycles. The smallest absolute Gasteiger partial charge is 0.205 e. The Morgan fingerprint density at radius 1 is 1.50 bits per heavy atom. The molecule has 1 unspecified atom stereocenters. The molecule has 0 bridgehead atoms. The van der Waals surface area contributed by atoms with Gasteiger partial charge in [-0.3, -0.25) is 0 Å². The summed E-state index contributed by atoms with van der Waals surface area (Å²) in [6.45, 7) is 5.08. The van der Waals surface area contributed by atoms with Crippen molar-refractivity contribution >= 4 is 28.1 Å².